The van der Waals surface area contributed by atoms with Crippen molar-refractivity contribution in [2.24, 2.45) is 0 Å². The Kier molecular flexibility index (Phi) is 5.85. The maximum Gasteiger partial charge on any atom is 0.129 e. The maximum atomic E-state index is 14.3. The highest BCUT2D eigenvalue weighted by atomic mass is 35.5. The molecule has 1 N–H and O–H groups in total. The number of hydrogen-bond donors (Lipinski definition) is 1. The van der Waals surface area contributed by atoms with Gasteiger partial charge in [-0.15, -0.1) is 12.4 Å². The fraction of sp³-hybridized carbons (Fsp3) is 0.625. The van der Waals surface area contributed by atoms with Crippen LogP contribution in [0.3, 0.4) is 0 Å². The quantitative estimate of drug-likeness (QED) is 0.925. The van der Waals surface area contributed by atoms with Crippen LogP contribution < -0.4 is 10.2 Å². The second-order valence-electron chi connectivity index (χ2n) is 6.02. The van der Waals surface area contributed by atoms with Crippen LogP contribution >= 0.6 is 12.4 Å². The standard InChI is InChI=1S/C16H24FN3.ClH/c1-13-11-19(10-7-18-13)12-14-15(17)5-4-6-16(14)20-8-2-3-9-20;/h4-6,13,18H,2-3,7-12H2,1H3;1H. The first kappa shape index (κ1) is 16.5. The molecule has 2 aliphatic rings. The molecule has 0 bridgehead atoms. The van der Waals surface area contributed by atoms with Crippen LogP contribution in [0.1, 0.15) is 25.3 Å². The van der Waals surface area contributed by atoms with Gasteiger partial charge in [-0.1, -0.05) is 6.07 Å². The third kappa shape index (κ3) is 3.87. The number of rotatable bonds is 3. The van der Waals surface area contributed by atoms with E-state index in [4.69, 9.17) is 0 Å². The lowest BCUT2D eigenvalue weighted by Crippen LogP contribution is -2.48. The topological polar surface area (TPSA) is 18.5 Å². The molecule has 3 nitrogen and oxygen atoms in total. The highest BCUT2D eigenvalue weighted by Crippen LogP contribution is 2.28. The van der Waals surface area contributed by atoms with Crippen molar-refractivity contribution in [3.63, 3.8) is 0 Å². The number of piperazine rings is 1. The van der Waals surface area contributed by atoms with Crippen LogP contribution in [0.15, 0.2) is 18.2 Å². The smallest absolute Gasteiger partial charge is 0.129 e. The monoisotopic (exact) mass is 313 g/mol. The molecule has 1 unspecified atom stereocenters. The van der Waals surface area contributed by atoms with Gasteiger partial charge in [0.05, 0.1) is 0 Å². The zero-order valence-electron chi connectivity index (χ0n) is 12.6. The molecular weight excluding hydrogens is 289 g/mol. The van der Waals surface area contributed by atoms with Gasteiger partial charge in [0.2, 0.25) is 0 Å². The van der Waals surface area contributed by atoms with Crippen LogP contribution in [0.5, 0.6) is 0 Å². The largest absolute Gasteiger partial charge is 0.371 e. The number of nitrogens with zero attached hydrogens (tertiary/aromatic N) is 2. The van der Waals surface area contributed by atoms with E-state index in [9.17, 15) is 4.39 Å². The minimum atomic E-state index is -0.0550. The molecule has 2 saturated heterocycles. The molecule has 2 heterocycles. The molecule has 21 heavy (non-hydrogen) atoms. The summed E-state index contributed by atoms with van der Waals surface area (Å²) >= 11 is 0. The Balaban J connectivity index is 0.00000161. The van der Waals surface area contributed by atoms with E-state index in [1.54, 1.807) is 6.07 Å². The Morgan fingerprint density at radius 1 is 1.24 bits per heavy atom. The summed E-state index contributed by atoms with van der Waals surface area (Å²) in [5, 5.41) is 3.44. The van der Waals surface area contributed by atoms with Gasteiger partial charge in [0.15, 0.2) is 0 Å². The average Bonchev–Trinajstić information content (AvgIpc) is 2.95. The Bertz CT molecular complexity index is 463. The fourth-order valence-corrected chi connectivity index (χ4v) is 3.34. The molecule has 1 aromatic carbocycles. The lowest BCUT2D eigenvalue weighted by molar-refractivity contribution is 0.197. The molecule has 1 atom stereocenters. The molecule has 0 saturated carbocycles. The third-order valence-electron chi connectivity index (χ3n) is 4.38. The van der Waals surface area contributed by atoms with Gasteiger partial charge in [-0.3, -0.25) is 4.90 Å². The van der Waals surface area contributed by atoms with Crippen molar-refractivity contribution in [3.8, 4) is 0 Å². The maximum absolute atomic E-state index is 14.3. The summed E-state index contributed by atoms with van der Waals surface area (Å²) < 4.78 is 14.3. The minimum Gasteiger partial charge on any atom is -0.371 e. The molecule has 0 radical (unpaired) electrons. The minimum absolute atomic E-state index is 0. The van der Waals surface area contributed by atoms with E-state index in [2.05, 4.69) is 28.1 Å². The zero-order chi connectivity index (χ0) is 13.9. The molecule has 1 aromatic rings. The molecule has 0 amide bonds. The first-order valence-electron chi connectivity index (χ1n) is 7.72. The first-order chi connectivity index (χ1) is 9.74. The fourth-order valence-electron chi connectivity index (χ4n) is 3.34. The predicted octanol–water partition coefficient (Wildman–Crippen LogP) is 2.64. The summed E-state index contributed by atoms with van der Waals surface area (Å²) in [7, 11) is 0. The summed E-state index contributed by atoms with van der Waals surface area (Å²) in [5.74, 6) is -0.0550. The van der Waals surface area contributed by atoms with Gasteiger partial charge in [0, 0.05) is 56.6 Å². The first-order valence-corrected chi connectivity index (χ1v) is 7.72. The Morgan fingerprint density at radius 3 is 2.71 bits per heavy atom. The van der Waals surface area contributed by atoms with Crippen molar-refractivity contribution in [2.75, 3.05) is 37.6 Å². The summed E-state index contributed by atoms with van der Waals surface area (Å²) in [6.45, 7) is 8.03. The van der Waals surface area contributed by atoms with Crippen molar-refractivity contribution >= 4 is 18.1 Å². The summed E-state index contributed by atoms with van der Waals surface area (Å²) in [6.07, 6.45) is 2.45. The second kappa shape index (κ2) is 7.43. The second-order valence-corrected chi connectivity index (χ2v) is 6.02. The van der Waals surface area contributed by atoms with Gasteiger partial charge in [-0.25, -0.2) is 4.39 Å². The molecule has 0 aromatic heterocycles. The van der Waals surface area contributed by atoms with Crippen LogP contribution in [0.25, 0.3) is 0 Å². The SMILES string of the molecule is CC1CN(Cc2c(F)cccc2N2CCCC2)CCN1.Cl. The van der Waals surface area contributed by atoms with Gasteiger partial charge in [-0.2, -0.15) is 0 Å². The van der Waals surface area contributed by atoms with Gasteiger partial charge in [0.1, 0.15) is 5.82 Å². The molecule has 3 rings (SSSR count). The molecule has 5 heteroatoms. The Morgan fingerprint density at radius 2 is 2.00 bits per heavy atom. The van der Waals surface area contributed by atoms with Crippen LogP contribution in [0, 0.1) is 5.82 Å². The van der Waals surface area contributed by atoms with E-state index in [1.165, 1.54) is 12.8 Å². The highest BCUT2D eigenvalue weighted by molar-refractivity contribution is 5.85. The number of hydrogen-bond acceptors (Lipinski definition) is 3. The Labute approximate surface area is 132 Å². The lowest BCUT2D eigenvalue weighted by atomic mass is 10.1. The summed E-state index contributed by atoms with van der Waals surface area (Å²) in [6, 6.07) is 6.01. The van der Waals surface area contributed by atoms with Crippen LogP contribution in [0.2, 0.25) is 0 Å². The van der Waals surface area contributed by atoms with E-state index in [1.807, 2.05) is 6.07 Å². The molecule has 2 aliphatic heterocycles. The molecule has 2 fully saturated rings. The zero-order valence-corrected chi connectivity index (χ0v) is 13.5. The summed E-state index contributed by atoms with van der Waals surface area (Å²) in [4.78, 5) is 4.70. The lowest BCUT2D eigenvalue weighted by Gasteiger charge is -2.33. The predicted molar refractivity (Wildman–Crippen MR) is 87.8 cm³/mol. The number of nitrogens with one attached hydrogen (secondary N) is 1. The third-order valence-corrected chi connectivity index (χ3v) is 4.38. The van der Waals surface area contributed by atoms with E-state index in [0.717, 1.165) is 50.5 Å². The van der Waals surface area contributed by atoms with Crippen molar-refractivity contribution < 1.29 is 4.39 Å². The molecule has 0 spiro atoms. The van der Waals surface area contributed by atoms with Gasteiger partial charge in [0.25, 0.3) is 0 Å². The van der Waals surface area contributed by atoms with E-state index < -0.39 is 0 Å². The number of benzene rings is 1. The average molecular weight is 314 g/mol. The summed E-state index contributed by atoms with van der Waals surface area (Å²) in [5.41, 5.74) is 1.98. The molecule has 118 valence electrons. The van der Waals surface area contributed by atoms with Crippen molar-refractivity contribution in [1.29, 1.82) is 0 Å². The van der Waals surface area contributed by atoms with Crippen LogP contribution in [-0.4, -0.2) is 43.7 Å². The number of anilines is 1. The Hall–Kier alpha value is -0.840. The van der Waals surface area contributed by atoms with Crippen molar-refractivity contribution in [3.05, 3.63) is 29.6 Å². The normalized spacial score (nSPS) is 23.1. The van der Waals surface area contributed by atoms with Crippen LogP contribution in [-0.2, 0) is 6.54 Å². The highest BCUT2D eigenvalue weighted by Gasteiger charge is 2.22. The van der Waals surface area contributed by atoms with Gasteiger partial charge in [-0.05, 0) is 31.9 Å². The van der Waals surface area contributed by atoms with Crippen molar-refractivity contribution in [1.82, 2.24) is 10.2 Å². The van der Waals surface area contributed by atoms with Crippen LogP contribution in [0.4, 0.5) is 10.1 Å². The molecular formula is C16H25ClFN3. The van der Waals surface area contributed by atoms with Gasteiger partial charge < -0.3 is 10.2 Å². The van der Waals surface area contributed by atoms with Crippen molar-refractivity contribution in [2.45, 2.75) is 32.4 Å². The van der Waals surface area contributed by atoms with E-state index >= 15 is 0 Å². The van der Waals surface area contributed by atoms with E-state index in [0.29, 0.717) is 6.04 Å². The van der Waals surface area contributed by atoms with Gasteiger partial charge >= 0.3 is 0 Å². The van der Waals surface area contributed by atoms with E-state index in [-0.39, 0.29) is 18.2 Å². The number of halogens is 2. The molecule has 0 aliphatic carbocycles.